The minimum absolute atomic E-state index is 0.106. The molecule has 20 heavy (non-hydrogen) atoms. The molecule has 0 saturated heterocycles. The van der Waals surface area contributed by atoms with E-state index in [1.54, 1.807) is 6.07 Å². The number of rotatable bonds is 4. The fourth-order valence-electron chi connectivity index (χ4n) is 2.11. The van der Waals surface area contributed by atoms with Gasteiger partial charge in [0.15, 0.2) is 0 Å². The molecule has 1 N–H and O–H groups in total. The van der Waals surface area contributed by atoms with E-state index in [1.807, 2.05) is 39.0 Å². The molecule has 106 valence electrons. The van der Waals surface area contributed by atoms with Crippen molar-refractivity contribution in [1.82, 2.24) is 0 Å². The molecule has 0 spiro atoms. The zero-order valence-corrected chi connectivity index (χ0v) is 12.0. The van der Waals surface area contributed by atoms with Crippen molar-refractivity contribution in [3.8, 4) is 5.75 Å². The van der Waals surface area contributed by atoms with E-state index in [2.05, 4.69) is 0 Å². The van der Waals surface area contributed by atoms with Gasteiger partial charge in [0, 0.05) is 6.07 Å². The van der Waals surface area contributed by atoms with Crippen LogP contribution in [0.3, 0.4) is 0 Å². The van der Waals surface area contributed by atoms with E-state index in [9.17, 15) is 9.50 Å². The Bertz CT molecular complexity index is 608. The first-order valence-electron chi connectivity index (χ1n) is 6.61. The van der Waals surface area contributed by atoms with Crippen LogP contribution in [0.2, 0.25) is 0 Å². The second kappa shape index (κ2) is 6.06. The third kappa shape index (κ3) is 3.36. The first-order valence-corrected chi connectivity index (χ1v) is 6.61. The molecule has 0 aliphatic heterocycles. The Balaban J connectivity index is 2.10. The molecule has 3 heteroatoms. The number of aryl methyl sites for hydroxylation is 3. The molecule has 0 bridgehead atoms. The smallest absolute Gasteiger partial charge is 0.126 e. The van der Waals surface area contributed by atoms with E-state index < -0.39 is 6.10 Å². The molecule has 0 amide bonds. The molecule has 0 aromatic heterocycles. The maximum Gasteiger partial charge on any atom is 0.126 e. The third-order valence-corrected chi connectivity index (χ3v) is 3.34. The molecule has 1 unspecified atom stereocenters. The highest BCUT2D eigenvalue weighted by atomic mass is 19.1. The summed E-state index contributed by atoms with van der Waals surface area (Å²) in [4.78, 5) is 0. The van der Waals surface area contributed by atoms with Gasteiger partial charge in [0.25, 0.3) is 0 Å². The molecule has 0 fully saturated rings. The number of aliphatic hydroxyl groups is 1. The van der Waals surface area contributed by atoms with Gasteiger partial charge in [-0.3, -0.25) is 0 Å². The van der Waals surface area contributed by atoms with Gasteiger partial charge in [-0.05, 0) is 43.5 Å². The minimum atomic E-state index is -0.724. The van der Waals surface area contributed by atoms with Crippen LogP contribution in [0.25, 0.3) is 0 Å². The van der Waals surface area contributed by atoms with Crippen molar-refractivity contribution in [3.63, 3.8) is 0 Å². The van der Waals surface area contributed by atoms with Crippen LogP contribution >= 0.6 is 0 Å². The normalized spacial score (nSPS) is 12.2. The van der Waals surface area contributed by atoms with Crippen molar-refractivity contribution in [2.24, 2.45) is 0 Å². The first kappa shape index (κ1) is 14.5. The average Bonchev–Trinajstić information content (AvgIpc) is 2.42. The highest BCUT2D eigenvalue weighted by molar-refractivity contribution is 5.34. The molecule has 0 heterocycles. The van der Waals surface area contributed by atoms with Gasteiger partial charge in [0.05, 0.1) is 0 Å². The highest BCUT2D eigenvalue weighted by Gasteiger charge is 2.12. The average molecular weight is 274 g/mol. The molecule has 2 nitrogen and oxygen atoms in total. The molecule has 0 radical (unpaired) electrons. The van der Waals surface area contributed by atoms with Gasteiger partial charge in [-0.15, -0.1) is 0 Å². The lowest BCUT2D eigenvalue weighted by Crippen LogP contribution is -2.11. The predicted octanol–water partition coefficient (Wildman–Crippen LogP) is 3.86. The summed E-state index contributed by atoms with van der Waals surface area (Å²) in [5.41, 5.74) is 3.80. The zero-order valence-electron chi connectivity index (χ0n) is 12.0. The van der Waals surface area contributed by atoms with Crippen LogP contribution in [0.4, 0.5) is 4.39 Å². The Labute approximate surface area is 118 Å². The van der Waals surface area contributed by atoms with Crippen LogP contribution in [-0.4, -0.2) is 11.7 Å². The molecule has 2 rings (SSSR count). The van der Waals surface area contributed by atoms with Crippen molar-refractivity contribution in [2.45, 2.75) is 26.9 Å². The van der Waals surface area contributed by atoms with Crippen molar-refractivity contribution in [1.29, 1.82) is 0 Å². The summed E-state index contributed by atoms with van der Waals surface area (Å²) in [5.74, 6) is 0.126. The van der Waals surface area contributed by atoms with Crippen molar-refractivity contribution < 1.29 is 14.2 Å². The Kier molecular flexibility index (Phi) is 4.40. The summed E-state index contributed by atoms with van der Waals surface area (Å²) in [6.45, 7) is 5.88. The summed E-state index contributed by atoms with van der Waals surface area (Å²) >= 11 is 0. The van der Waals surface area contributed by atoms with Gasteiger partial charge in [-0.1, -0.05) is 29.8 Å². The van der Waals surface area contributed by atoms with Gasteiger partial charge < -0.3 is 9.84 Å². The van der Waals surface area contributed by atoms with Gasteiger partial charge in [-0.25, -0.2) is 4.39 Å². The number of benzene rings is 2. The van der Waals surface area contributed by atoms with Crippen molar-refractivity contribution in [2.75, 3.05) is 6.61 Å². The van der Waals surface area contributed by atoms with Crippen molar-refractivity contribution >= 4 is 0 Å². The molecule has 1 atom stereocenters. The standard InChI is InChI=1S/C17H19FO2/c1-11-4-5-12(2)15(8-11)16(19)10-20-17-9-14(18)7-6-13(17)3/h4-9,16,19H,10H2,1-3H3. The molecule has 0 aliphatic rings. The van der Waals surface area contributed by atoms with E-state index in [0.717, 1.165) is 22.3 Å². The van der Waals surface area contributed by atoms with Crippen LogP contribution in [0.15, 0.2) is 36.4 Å². The van der Waals surface area contributed by atoms with Gasteiger partial charge in [0.2, 0.25) is 0 Å². The Morgan fingerprint density at radius 2 is 1.75 bits per heavy atom. The van der Waals surface area contributed by atoms with Crippen LogP contribution in [0, 0.1) is 26.6 Å². The Morgan fingerprint density at radius 1 is 1.05 bits per heavy atom. The maximum absolute atomic E-state index is 13.2. The van der Waals surface area contributed by atoms with Crippen LogP contribution in [0.5, 0.6) is 5.75 Å². The number of hydrogen-bond donors (Lipinski definition) is 1. The van der Waals surface area contributed by atoms with E-state index in [0.29, 0.717) is 5.75 Å². The van der Waals surface area contributed by atoms with Gasteiger partial charge >= 0.3 is 0 Å². The molecule has 2 aromatic carbocycles. The number of ether oxygens (including phenoxy) is 1. The molecular weight excluding hydrogens is 255 g/mol. The second-order valence-corrected chi connectivity index (χ2v) is 5.10. The second-order valence-electron chi connectivity index (χ2n) is 5.10. The number of halogens is 1. The monoisotopic (exact) mass is 274 g/mol. The number of hydrogen-bond acceptors (Lipinski definition) is 2. The summed E-state index contributed by atoms with van der Waals surface area (Å²) in [6, 6.07) is 10.3. The quantitative estimate of drug-likeness (QED) is 0.917. The molecule has 0 saturated carbocycles. The Morgan fingerprint density at radius 3 is 2.50 bits per heavy atom. The summed E-state index contributed by atoms with van der Waals surface area (Å²) in [5, 5.41) is 10.2. The Hall–Kier alpha value is -1.87. The molecular formula is C17H19FO2. The van der Waals surface area contributed by atoms with E-state index in [4.69, 9.17) is 4.74 Å². The predicted molar refractivity (Wildman–Crippen MR) is 77.5 cm³/mol. The lowest BCUT2D eigenvalue weighted by molar-refractivity contribution is 0.107. The third-order valence-electron chi connectivity index (χ3n) is 3.34. The highest BCUT2D eigenvalue weighted by Crippen LogP contribution is 2.23. The lowest BCUT2D eigenvalue weighted by Gasteiger charge is -2.16. The number of aliphatic hydroxyl groups excluding tert-OH is 1. The maximum atomic E-state index is 13.2. The largest absolute Gasteiger partial charge is 0.490 e. The van der Waals surface area contributed by atoms with E-state index in [1.165, 1.54) is 12.1 Å². The molecule has 2 aromatic rings. The summed E-state index contributed by atoms with van der Waals surface area (Å²) in [7, 11) is 0. The van der Waals surface area contributed by atoms with Gasteiger partial charge in [-0.2, -0.15) is 0 Å². The summed E-state index contributed by atoms with van der Waals surface area (Å²) < 4.78 is 18.7. The molecule has 0 aliphatic carbocycles. The van der Waals surface area contributed by atoms with Crippen molar-refractivity contribution in [3.05, 3.63) is 64.5 Å². The van der Waals surface area contributed by atoms with E-state index >= 15 is 0 Å². The van der Waals surface area contributed by atoms with Crippen LogP contribution < -0.4 is 4.74 Å². The fourth-order valence-corrected chi connectivity index (χ4v) is 2.11. The van der Waals surface area contributed by atoms with Crippen LogP contribution in [-0.2, 0) is 0 Å². The summed E-state index contributed by atoms with van der Waals surface area (Å²) in [6.07, 6.45) is -0.724. The van der Waals surface area contributed by atoms with Gasteiger partial charge in [0.1, 0.15) is 24.3 Å². The zero-order chi connectivity index (χ0) is 14.7. The fraction of sp³-hybridized carbons (Fsp3) is 0.294. The SMILES string of the molecule is Cc1ccc(C)c(C(O)COc2cc(F)ccc2C)c1. The topological polar surface area (TPSA) is 29.5 Å². The van der Waals surface area contributed by atoms with Crippen LogP contribution in [0.1, 0.15) is 28.4 Å². The minimum Gasteiger partial charge on any atom is -0.490 e. The first-order chi connectivity index (χ1) is 9.47. The van der Waals surface area contributed by atoms with E-state index in [-0.39, 0.29) is 12.4 Å². The lowest BCUT2D eigenvalue weighted by atomic mass is 10.0.